The Labute approximate surface area is 194 Å². The van der Waals surface area contributed by atoms with Crippen molar-refractivity contribution < 1.29 is 4.79 Å². The van der Waals surface area contributed by atoms with Crippen molar-refractivity contribution in [1.82, 2.24) is 24.6 Å². The van der Waals surface area contributed by atoms with Crippen molar-refractivity contribution in [2.24, 2.45) is 5.92 Å². The van der Waals surface area contributed by atoms with Crippen molar-refractivity contribution in [3.05, 3.63) is 80.7 Å². The van der Waals surface area contributed by atoms with Crippen LogP contribution >= 0.6 is 11.3 Å². The number of H-pyrrole nitrogens is 1. The fourth-order valence-electron chi connectivity index (χ4n) is 5.05. The molecule has 0 unspecified atom stereocenters. The highest BCUT2D eigenvalue weighted by Gasteiger charge is 2.30. The molecule has 1 saturated heterocycles. The van der Waals surface area contributed by atoms with Crippen molar-refractivity contribution in [1.29, 1.82) is 0 Å². The summed E-state index contributed by atoms with van der Waals surface area (Å²) in [6.07, 6.45) is 6.87. The zero-order valence-electron chi connectivity index (χ0n) is 18.2. The molecule has 2 aliphatic rings. The highest BCUT2D eigenvalue weighted by molar-refractivity contribution is 7.16. The number of carbonyl (C=O) groups excluding carboxylic acids is 1. The van der Waals surface area contributed by atoms with Crippen LogP contribution in [-0.2, 0) is 6.42 Å². The molecule has 7 nitrogen and oxygen atoms in total. The molecule has 1 aliphatic carbocycles. The lowest BCUT2D eigenvalue weighted by atomic mass is 9.86. The number of amides is 1. The molecule has 166 valence electrons. The van der Waals surface area contributed by atoms with E-state index in [0.29, 0.717) is 33.3 Å². The molecule has 0 radical (unpaired) electrons. The third kappa shape index (κ3) is 3.33. The fourth-order valence-corrected chi connectivity index (χ4v) is 5.81. The molecule has 0 bridgehead atoms. The third-order valence-electron chi connectivity index (χ3n) is 6.86. The van der Waals surface area contributed by atoms with Crippen molar-refractivity contribution in [3.63, 3.8) is 0 Å². The van der Waals surface area contributed by atoms with Gasteiger partial charge in [-0.05, 0) is 60.3 Å². The van der Waals surface area contributed by atoms with E-state index in [1.165, 1.54) is 28.0 Å². The highest BCUT2D eigenvalue weighted by Crippen LogP contribution is 2.38. The summed E-state index contributed by atoms with van der Waals surface area (Å²) >= 11 is 1.41. The van der Waals surface area contributed by atoms with Crippen LogP contribution < -0.4 is 5.56 Å². The van der Waals surface area contributed by atoms with Crippen LogP contribution in [0.15, 0.2) is 52.8 Å². The van der Waals surface area contributed by atoms with Gasteiger partial charge in [-0.1, -0.05) is 30.3 Å². The Bertz CT molecular complexity index is 1470. The number of hydrogen-bond donors (Lipinski definition) is 1. The summed E-state index contributed by atoms with van der Waals surface area (Å²) in [5, 5.41) is 6.77. The molecule has 4 heterocycles. The highest BCUT2D eigenvalue weighted by atomic mass is 32.1. The van der Waals surface area contributed by atoms with E-state index in [1.807, 2.05) is 17.2 Å². The van der Waals surface area contributed by atoms with E-state index in [9.17, 15) is 9.59 Å². The maximum Gasteiger partial charge on any atom is 0.261 e. The fraction of sp³-hybridized carbons (Fsp3) is 0.280. The molecule has 8 heteroatoms. The normalized spacial score (nSPS) is 16.3. The predicted molar refractivity (Wildman–Crippen MR) is 129 cm³/mol. The largest absolute Gasteiger partial charge is 0.338 e. The second-order valence-corrected chi connectivity index (χ2v) is 9.57. The van der Waals surface area contributed by atoms with Crippen LogP contribution in [0.25, 0.3) is 21.7 Å². The second kappa shape index (κ2) is 7.81. The number of nitrogens with one attached hydrogen (secondary N) is 1. The van der Waals surface area contributed by atoms with E-state index in [0.717, 1.165) is 32.4 Å². The van der Waals surface area contributed by atoms with Gasteiger partial charge >= 0.3 is 0 Å². The van der Waals surface area contributed by atoms with Gasteiger partial charge in [-0.25, -0.2) is 9.67 Å². The van der Waals surface area contributed by atoms with Crippen LogP contribution in [0.1, 0.15) is 40.0 Å². The lowest BCUT2D eigenvalue weighted by molar-refractivity contribution is 0.0707. The van der Waals surface area contributed by atoms with Crippen LogP contribution in [0.2, 0.25) is 0 Å². The molecule has 1 fully saturated rings. The maximum atomic E-state index is 13.3. The molecular formula is C25H23N5O2S. The number of aromatic nitrogens is 4. The first-order chi connectivity index (χ1) is 16.1. The van der Waals surface area contributed by atoms with Gasteiger partial charge in [-0.3, -0.25) is 14.6 Å². The average Bonchev–Trinajstić information content (AvgIpc) is 3.57. The number of nitrogens with zero attached hydrogens (tertiary/aromatic N) is 4. The summed E-state index contributed by atoms with van der Waals surface area (Å²) in [6.45, 7) is 3.29. The summed E-state index contributed by atoms with van der Waals surface area (Å²) in [5.41, 5.74) is 5.25. The number of fused-ring (bicyclic) bond motifs is 2. The summed E-state index contributed by atoms with van der Waals surface area (Å²) in [7, 11) is 0. The second-order valence-electron chi connectivity index (χ2n) is 8.67. The molecular weight excluding hydrogens is 434 g/mol. The van der Waals surface area contributed by atoms with Crippen molar-refractivity contribution >= 4 is 33.0 Å². The first-order valence-electron chi connectivity index (χ1n) is 11.2. The number of benzene rings is 1. The molecule has 0 saturated carbocycles. The lowest BCUT2D eigenvalue weighted by Gasteiger charge is -2.33. The first kappa shape index (κ1) is 20.1. The molecule has 4 aromatic rings. The van der Waals surface area contributed by atoms with Gasteiger partial charge in [0.1, 0.15) is 4.83 Å². The van der Waals surface area contributed by atoms with Gasteiger partial charge < -0.3 is 4.90 Å². The van der Waals surface area contributed by atoms with Crippen molar-refractivity contribution in [2.45, 2.75) is 26.2 Å². The monoisotopic (exact) mass is 457 g/mol. The number of rotatable bonds is 3. The van der Waals surface area contributed by atoms with Gasteiger partial charge in [-0.2, -0.15) is 5.10 Å². The smallest absolute Gasteiger partial charge is 0.261 e. The van der Waals surface area contributed by atoms with E-state index in [-0.39, 0.29) is 11.5 Å². The van der Waals surface area contributed by atoms with Gasteiger partial charge in [-0.15, -0.1) is 11.3 Å². The number of likely N-dealkylation sites (tertiary alicyclic amines) is 1. The zero-order chi connectivity index (χ0) is 22.5. The van der Waals surface area contributed by atoms with E-state index >= 15 is 0 Å². The Hall–Kier alpha value is -3.52. The van der Waals surface area contributed by atoms with Gasteiger partial charge in [0.2, 0.25) is 5.95 Å². The van der Waals surface area contributed by atoms with E-state index in [2.05, 4.69) is 45.4 Å². The van der Waals surface area contributed by atoms with Crippen LogP contribution in [0, 0.1) is 12.8 Å². The maximum absolute atomic E-state index is 13.3. The lowest BCUT2D eigenvalue weighted by Crippen LogP contribution is -2.38. The number of carbonyl (C=O) groups is 1. The van der Waals surface area contributed by atoms with Crippen LogP contribution in [0.5, 0.6) is 0 Å². The minimum atomic E-state index is -0.205. The minimum Gasteiger partial charge on any atom is -0.338 e. The summed E-state index contributed by atoms with van der Waals surface area (Å²) < 4.78 is 1.54. The first-order valence-corrected chi connectivity index (χ1v) is 12.1. The number of allylic oxidation sites excluding steroid dienone is 2. The van der Waals surface area contributed by atoms with Crippen LogP contribution in [0.3, 0.4) is 0 Å². The molecule has 0 spiro atoms. The molecule has 0 atom stereocenters. The summed E-state index contributed by atoms with van der Waals surface area (Å²) in [5.74, 6) is 0.808. The van der Waals surface area contributed by atoms with E-state index < -0.39 is 0 Å². The van der Waals surface area contributed by atoms with E-state index in [1.54, 1.807) is 16.9 Å². The average molecular weight is 458 g/mol. The Morgan fingerprint density at radius 1 is 1.18 bits per heavy atom. The Balaban J connectivity index is 1.20. The molecule has 1 aliphatic heterocycles. The summed E-state index contributed by atoms with van der Waals surface area (Å²) in [6, 6.07) is 10.4. The van der Waals surface area contributed by atoms with Gasteiger partial charge in [0.15, 0.2) is 0 Å². The Morgan fingerprint density at radius 2 is 2.00 bits per heavy atom. The Kier molecular flexibility index (Phi) is 4.76. The van der Waals surface area contributed by atoms with Gasteiger partial charge in [0.25, 0.3) is 11.5 Å². The molecule has 1 aromatic carbocycles. The number of hydrogen-bond acceptors (Lipinski definition) is 5. The molecule has 33 heavy (non-hydrogen) atoms. The topological polar surface area (TPSA) is 83.9 Å². The van der Waals surface area contributed by atoms with Crippen LogP contribution in [-0.4, -0.2) is 43.6 Å². The quantitative estimate of drug-likeness (QED) is 0.505. The third-order valence-corrected chi connectivity index (χ3v) is 7.66. The minimum absolute atomic E-state index is 0.0162. The van der Waals surface area contributed by atoms with Crippen molar-refractivity contribution in [3.8, 4) is 5.95 Å². The van der Waals surface area contributed by atoms with E-state index in [4.69, 9.17) is 0 Å². The Morgan fingerprint density at radius 3 is 2.85 bits per heavy atom. The number of thiophene rings is 1. The van der Waals surface area contributed by atoms with Crippen molar-refractivity contribution in [2.75, 3.05) is 13.1 Å². The molecule has 1 N–H and O–H groups in total. The SMILES string of the molecule is Cc1c(C(=O)N2CCC(C3=CCc4ccccc43)CC2)cnn1-c1nc2sccc2c(=O)[nH]1. The molecule has 6 rings (SSSR count). The predicted octanol–water partition coefficient (Wildman–Crippen LogP) is 3.97. The summed E-state index contributed by atoms with van der Waals surface area (Å²) in [4.78, 5) is 35.5. The number of aromatic amines is 1. The van der Waals surface area contributed by atoms with Gasteiger partial charge in [0, 0.05) is 13.1 Å². The standard InChI is InChI=1S/C25H23N5O2S/c1-15-21(14-26-30(15)25-27-22(31)20-10-13-33-23(20)28-25)24(32)29-11-8-17(9-12-29)19-7-6-16-4-2-3-5-18(16)19/h2-5,7,10,13-14,17H,6,8-9,11-12H2,1H3,(H,27,28,31). The molecule has 3 aromatic heterocycles. The van der Waals surface area contributed by atoms with Gasteiger partial charge in [0.05, 0.1) is 22.8 Å². The molecule has 1 amide bonds. The zero-order valence-corrected chi connectivity index (χ0v) is 19.1. The van der Waals surface area contributed by atoms with Crippen LogP contribution in [0.4, 0.5) is 0 Å². The number of piperidine rings is 1.